The van der Waals surface area contributed by atoms with Crippen LogP contribution in [0.4, 0.5) is 4.79 Å². The van der Waals surface area contributed by atoms with E-state index in [9.17, 15) is 14.4 Å². The number of hydrogen-bond acceptors (Lipinski definition) is 4. The van der Waals surface area contributed by atoms with Crippen LogP contribution in [0.3, 0.4) is 0 Å². The highest BCUT2D eigenvalue weighted by molar-refractivity contribution is 9.10. The van der Waals surface area contributed by atoms with Crippen LogP contribution in [0.2, 0.25) is 0 Å². The van der Waals surface area contributed by atoms with Crippen molar-refractivity contribution in [2.45, 2.75) is 64.1 Å². The molecule has 1 aromatic carbocycles. The number of ketones is 2. The number of nitrogens with zero attached hydrogens (tertiary/aromatic N) is 1. The van der Waals surface area contributed by atoms with Gasteiger partial charge in [0, 0.05) is 16.1 Å². The molecule has 1 amide bonds. The molecule has 6 heteroatoms. The second-order valence-corrected chi connectivity index (χ2v) is 9.05. The first-order valence-electron chi connectivity index (χ1n) is 8.98. The third kappa shape index (κ3) is 4.00. The summed E-state index contributed by atoms with van der Waals surface area (Å²) in [4.78, 5) is 39.6. The highest BCUT2D eigenvalue weighted by Crippen LogP contribution is 2.43. The van der Waals surface area contributed by atoms with Crippen molar-refractivity contribution in [3.63, 3.8) is 0 Å². The summed E-state index contributed by atoms with van der Waals surface area (Å²) in [6, 6.07) is 6.47. The number of hydrogen-bond donors (Lipinski definition) is 0. The van der Waals surface area contributed by atoms with E-state index in [2.05, 4.69) is 15.9 Å². The number of likely N-dealkylation sites (tertiary alicyclic amines) is 1. The maximum atomic E-state index is 12.9. The van der Waals surface area contributed by atoms with Crippen molar-refractivity contribution in [2.75, 3.05) is 0 Å². The van der Waals surface area contributed by atoms with E-state index in [-0.39, 0.29) is 29.9 Å². The van der Waals surface area contributed by atoms with Crippen molar-refractivity contribution < 1.29 is 19.1 Å². The Bertz CT molecular complexity index is 722. The van der Waals surface area contributed by atoms with Gasteiger partial charge in [-0.2, -0.15) is 0 Å². The highest BCUT2D eigenvalue weighted by Gasteiger charge is 2.52. The van der Waals surface area contributed by atoms with Crippen LogP contribution < -0.4 is 0 Å². The lowest BCUT2D eigenvalue weighted by molar-refractivity contribution is -0.124. The fourth-order valence-corrected chi connectivity index (χ4v) is 4.25. The summed E-state index contributed by atoms with van der Waals surface area (Å²) in [5.41, 5.74) is -0.103. The molecular weight excluding hydrogens is 398 g/mol. The molecule has 2 bridgehead atoms. The Morgan fingerprint density at radius 3 is 2.42 bits per heavy atom. The average molecular weight is 422 g/mol. The van der Waals surface area contributed by atoms with Crippen LogP contribution in [-0.2, 0) is 9.53 Å². The van der Waals surface area contributed by atoms with Gasteiger partial charge in [-0.05, 0) is 58.1 Å². The van der Waals surface area contributed by atoms with E-state index in [1.807, 2.05) is 20.8 Å². The fraction of sp³-hybridized carbons (Fsp3) is 0.550. The van der Waals surface area contributed by atoms with Crippen molar-refractivity contribution in [3.05, 3.63) is 34.3 Å². The summed E-state index contributed by atoms with van der Waals surface area (Å²) >= 11 is 3.33. The summed E-state index contributed by atoms with van der Waals surface area (Å²) in [7, 11) is 0. The first-order valence-corrected chi connectivity index (χ1v) is 9.78. The molecule has 26 heavy (non-hydrogen) atoms. The topological polar surface area (TPSA) is 63.7 Å². The molecule has 0 radical (unpaired) electrons. The number of ether oxygens (including phenoxy) is 1. The largest absolute Gasteiger partial charge is 0.444 e. The zero-order chi connectivity index (χ0) is 19.1. The van der Waals surface area contributed by atoms with E-state index in [0.717, 1.165) is 23.7 Å². The Balaban J connectivity index is 1.73. The second kappa shape index (κ2) is 7.14. The van der Waals surface area contributed by atoms with Crippen molar-refractivity contribution >= 4 is 33.6 Å². The standard InChI is InChI=1S/C20H24BrNO4/c1-20(2,3)26-19(25)22-15-9-6-13(10-15)18(22)17(24)11-16(23)12-4-7-14(21)8-5-12/h4-5,7-8,13,15,18H,6,9-11H2,1-3H3. The molecule has 0 spiro atoms. The van der Waals surface area contributed by atoms with Crippen molar-refractivity contribution in [3.8, 4) is 0 Å². The predicted molar refractivity (Wildman–Crippen MR) is 101 cm³/mol. The lowest BCUT2D eigenvalue weighted by Gasteiger charge is -2.35. The minimum absolute atomic E-state index is 0.0478. The number of piperidine rings is 1. The molecule has 1 saturated carbocycles. The molecule has 0 N–H and O–H groups in total. The Morgan fingerprint density at radius 1 is 1.15 bits per heavy atom. The summed E-state index contributed by atoms with van der Waals surface area (Å²) < 4.78 is 6.38. The van der Waals surface area contributed by atoms with Crippen molar-refractivity contribution in [1.29, 1.82) is 0 Å². The minimum atomic E-state index is -0.611. The lowest BCUT2D eigenvalue weighted by atomic mass is 9.91. The quantitative estimate of drug-likeness (QED) is 0.534. The third-order valence-electron chi connectivity index (χ3n) is 5.02. The molecule has 2 aliphatic rings. The van der Waals surface area contributed by atoms with Gasteiger partial charge < -0.3 is 4.74 Å². The first kappa shape index (κ1) is 19.1. The van der Waals surface area contributed by atoms with Crippen LogP contribution in [0.15, 0.2) is 28.7 Å². The monoisotopic (exact) mass is 421 g/mol. The van der Waals surface area contributed by atoms with Crippen LogP contribution in [0.1, 0.15) is 56.8 Å². The molecule has 1 aliphatic carbocycles. The van der Waals surface area contributed by atoms with Crippen LogP contribution in [0.5, 0.6) is 0 Å². The number of amides is 1. The summed E-state index contributed by atoms with van der Waals surface area (Å²) in [6.45, 7) is 5.44. The van der Waals surface area contributed by atoms with E-state index >= 15 is 0 Å². The Kier molecular flexibility index (Phi) is 5.24. The number of rotatable bonds is 4. The summed E-state index contributed by atoms with van der Waals surface area (Å²) in [5, 5.41) is 0. The Morgan fingerprint density at radius 2 is 1.81 bits per heavy atom. The van der Waals surface area contributed by atoms with Gasteiger partial charge in [-0.15, -0.1) is 0 Å². The second-order valence-electron chi connectivity index (χ2n) is 8.13. The summed E-state index contributed by atoms with van der Waals surface area (Å²) in [6.07, 6.45) is 2.01. The molecular formula is C20H24BrNO4. The van der Waals surface area contributed by atoms with Crippen LogP contribution in [-0.4, -0.2) is 40.2 Å². The predicted octanol–water partition coefficient (Wildman–Crippen LogP) is 4.38. The van der Waals surface area contributed by atoms with Crippen LogP contribution in [0, 0.1) is 5.92 Å². The van der Waals surface area contributed by atoms with Gasteiger partial charge in [-0.25, -0.2) is 4.79 Å². The van der Waals surface area contributed by atoms with E-state index in [0.29, 0.717) is 5.56 Å². The maximum absolute atomic E-state index is 12.9. The molecule has 1 aliphatic heterocycles. The zero-order valence-electron chi connectivity index (χ0n) is 15.3. The number of halogens is 1. The molecule has 1 saturated heterocycles. The number of carbonyl (C=O) groups is 3. The lowest BCUT2D eigenvalue weighted by Crippen LogP contribution is -2.51. The summed E-state index contributed by atoms with van der Waals surface area (Å²) in [5.74, 6) is -0.261. The van der Waals surface area contributed by atoms with Gasteiger partial charge in [-0.1, -0.05) is 28.1 Å². The van der Waals surface area contributed by atoms with Gasteiger partial charge >= 0.3 is 6.09 Å². The van der Waals surface area contributed by atoms with Gasteiger partial charge in [-0.3, -0.25) is 14.5 Å². The molecule has 140 valence electrons. The van der Waals surface area contributed by atoms with Crippen LogP contribution >= 0.6 is 15.9 Å². The average Bonchev–Trinajstić information content (AvgIpc) is 3.14. The molecule has 1 heterocycles. The van der Waals surface area contributed by atoms with Gasteiger partial charge in [0.25, 0.3) is 0 Å². The number of Topliss-reactive ketones (excluding diaryl/α,β-unsaturated/α-hetero) is 2. The number of benzene rings is 1. The maximum Gasteiger partial charge on any atom is 0.411 e. The van der Waals surface area contributed by atoms with E-state index in [1.54, 1.807) is 29.2 Å². The molecule has 3 unspecified atom stereocenters. The van der Waals surface area contributed by atoms with Crippen molar-refractivity contribution in [2.24, 2.45) is 5.92 Å². The Hall–Kier alpha value is -1.69. The number of fused-ring (bicyclic) bond motifs is 2. The Labute approximate surface area is 162 Å². The minimum Gasteiger partial charge on any atom is -0.444 e. The van der Waals surface area contributed by atoms with Crippen molar-refractivity contribution in [1.82, 2.24) is 4.90 Å². The first-order chi connectivity index (χ1) is 12.2. The van der Waals surface area contributed by atoms with Gasteiger partial charge in [0.1, 0.15) is 5.60 Å². The zero-order valence-corrected chi connectivity index (χ0v) is 16.9. The van der Waals surface area contributed by atoms with Gasteiger partial charge in [0.2, 0.25) is 0 Å². The normalized spacial score (nSPS) is 24.6. The molecule has 1 aromatic rings. The molecule has 0 aromatic heterocycles. The highest BCUT2D eigenvalue weighted by atomic mass is 79.9. The van der Waals surface area contributed by atoms with E-state index in [1.165, 1.54) is 0 Å². The van der Waals surface area contributed by atoms with E-state index < -0.39 is 17.7 Å². The number of carbonyl (C=O) groups excluding carboxylic acids is 3. The van der Waals surface area contributed by atoms with Crippen LogP contribution in [0.25, 0.3) is 0 Å². The molecule has 3 rings (SSSR count). The fourth-order valence-electron chi connectivity index (χ4n) is 3.98. The van der Waals surface area contributed by atoms with E-state index in [4.69, 9.17) is 4.74 Å². The smallest absolute Gasteiger partial charge is 0.411 e. The van der Waals surface area contributed by atoms with Gasteiger partial charge in [0.05, 0.1) is 12.5 Å². The van der Waals surface area contributed by atoms with Gasteiger partial charge in [0.15, 0.2) is 11.6 Å². The molecule has 3 atom stereocenters. The molecule has 2 fully saturated rings. The third-order valence-corrected chi connectivity index (χ3v) is 5.55. The molecule has 5 nitrogen and oxygen atoms in total. The SMILES string of the molecule is CC(C)(C)OC(=O)N1C2CCC(C2)C1C(=O)CC(=O)c1ccc(Br)cc1.